The molecule has 0 saturated heterocycles. The Labute approximate surface area is 180 Å². The number of pyridine rings is 1. The number of nitrogens with zero attached hydrogens (tertiary/aromatic N) is 2. The number of anilines is 1. The Morgan fingerprint density at radius 1 is 1.00 bits per heavy atom. The molecule has 6 nitrogen and oxygen atoms in total. The molecular weight excluding hydrogens is 390 g/mol. The van der Waals surface area contributed by atoms with Crippen molar-refractivity contribution in [2.24, 2.45) is 0 Å². The molecule has 2 aromatic heterocycles. The zero-order chi connectivity index (χ0) is 22.0. The molecule has 0 aliphatic rings. The standard InChI is InChI=1S/C25H25N3O3/c1-17-8-9-22(31-3)21(14-17)26-23(29)16-28-13-11-19-10-12-27(24(19)25(28)30)15-20-7-5-4-6-18(20)2/h4-14H,15-16H2,1-3H3,(H,26,29). The van der Waals surface area contributed by atoms with Gasteiger partial charge in [-0.25, -0.2) is 0 Å². The van der Waals surface area contributed by atoms with E-state index in [-0.39, 0.29) is 18.0 Å². The average molecular weight is 415 g/mol. The maximum Gasteiger partial charge on any atom is 0.275 e. The van der Waals surface area contributed by atoms with Gasteiger partial charge in [0.05, 0.1) is 12.8 Å². The highest BCUT2D eigenvalue weighted by Gasteiger charge is 2.13. The van der Waals surface area contributed by atoms with E-state index in [2.05, 4.69) is 24.4 Å². The first-order valence-corrected chi connectivity index (χ1v) is 10.1. The SMILES string of the molecule is COc1ccc(C)cc1NC(=O)Cn1ccc2ccn(Cc3ccccc3C)c2c1=O. The molecule has 2 aromatic carbocycles. The molecule has 0 radical (unpaired) electrons. The van der Waals surface area contributed by atoms with Gasteiger partial charge in [-0.3, -0.25) is 9.59 Å². The van der Waals surface area contributed by atoms with Crippen LogP contribution in [0.3, 0.4) is 0 Å². The summed E-state index contributed by atoms with van der Waals surface area (Å²) < 4.78 is 8.70. The number of benzene rings is 2. The molecule has 0 fully saturated rings. The summed E-state index contributed by atoms with van der Waals surface area (Å²) >= 11 is 0. The summed E-state index contributed by atoms with van der Waals surface area (Å²) in [6.07, 6.45) is 3.58. The van der Waals surface area contributed by atoms with Crippen LogP contribution in [-0.4, -0.2) is 22.2 Å². The number of aryl methyl sites for hydroxylation is 2. The van der Waals surface area contributed by atoms with Crippen molar-refractivity contribution in [3.63, 3.8) is 0 Å². The first kappa shape index (κ1) is 20.5. The second-order valence-corrected chi connectivity index (χ2v) is 7.67. The van der Waals surface area contributed by atoms with Gasteiger partial charge in [-0.2, -0.15) is 0 Å². The van der Waals surface area contributed by atoms with Gasteiger partial charge in [-0.1, -0.05) is 30.3 Å². The minimum atomic E-state index is -0.289. The van der Waals surface area contributed by atoms with E-state index in [1.54, 1.807) is 13.3 Å². The third-order valence-electron chi connectivity index (χ3n) is 5.44. The molecule has 0 unspecified atom stereocenters. The van der Waals surface area contributed by atoms with Crippen molar-refractivity contribution < 1.29 is 9.53 Å². The van der Waals surface area contributed by atoms with Crippen molar-refractivity contribution in [3.05, 3.63) is 94.0 Å². The molecule has 0 atom stereocenters. The number of rotatable bonds is 6. The van der Waals surface area contributed by atoms with Crippen molar-refractivity contribution in [1.82, 2.24) is 9.13 Å². The van der Waals surface area contributed by atoms with E-state index in [9.17, 15) is 9.59 Å². The second kappa shape index (κ2) is 8.52. The fourth-order valence-electron chi connectivity index (χ4n) is 3.74. The van der Waals surface area contributed by atoms with E-state index in [1.807, 2.05) is 60.2 Å². The average Bonchev–Trinajstić information content (AvgIpc) is 3.15. The minimum Gasteiger partial charge on any atom is -0.495 e. The Balaban J connectivity index is 1.61. The quantitative estimate of drug-likeness (QED) is 0.515. The smallest absolute Gasteiger partial charge is 0.275 e. The lowest BCUT2D eigenvalue weighted by atomic mass is 10.1. The number of amides is 1. The van der Waals surface area contributed by atoms with E-state index >= 15 is 0 Å². The summed E-state index contributed by atoms with van der Waals surface area (Å²) in [5.74, 6) is 0.288. The van der Waals surface area contributed by atoms with Crippen molar-refractivity contribution in [1.29, 1.82) is 0 Å². The Bertz CT molecular complexity index is 1320. The molecule has 1 amide bonds. The van der Waals surface area contributed by atoms with Crippen LogP contribution in [0.4, 0.5) is 5.69 Å². The summed E-state index contributed by atoms with van der Waals surface area (Å²) in [5.41, 5.74) is 4.31. The Morgan fingerprint density at radius 2 is 1.74 bits per heavy atom. The minimum absolute atomic E-state index is 0.0819. The van der Waals surface area contributed by atoms with Gasteiger partial charge in [0.25, 0.3) is 5.56 Å². The van der Waals surface area contributed by atoms with Crippen LogP contribution in [-0.2, 0) is 17.9 Å². The van der Waals surface area contributed by atoms with Crippen molar-refractivity contribution in [2.75, 3.05) is 12.4 Å². The van der Waals surface area contributed by atoms with Gasteiger partial charge in [-0.05, 0) is 54.8 Å². The van der Waals surface area contributed by atoms with E-state index in [0.29, 0.717) is 23.5 Å². The van der Waals surface area contributed by atoms with Gasteiger partial charge < -0.3 is 19.2 Å². The summed E-state index contributed by atoms with van der Waals surface area (Å²) in [6.45, 7) is 4.52. The first-order valence-electron chi connectivity index (χ1n) is 10.1. The van der Waals surface area contributed by atoms with E-state index in [1.165, 1.54) is 10.1 Å². The molecular formula is C25H25N3O3. The van der Waals surface area contributed by atoms with Gasteiger partial charge in [0, 0.05) is 24.3 Å². The van der Waals surface area contributed by atoms with Crippen molar-refractivity contribution in [3.8, 4) is 5.75 Å². The predicted octanol–water partition coefficient (Wildman–Crippen LogP) is 4.12. The van der Waals surface area contributed by atoms with Gasteiger partial charge in [-0.15, -0.1) is 0 Å². The van der Waals surface area contributed by atoms with Crippen molar-refractivity contribution >= 4 is 22.5 Å². The second-order valence-electron chi connectivity index (χ2n) is 7.67. The number of hydrogen-bond donors (Lipinski definition) is 1. The van der Waals surface area contributed by atoms with Crippen LogP contribution in [0.1, 0.15) is 16.7 Å². The topological polar surface area (TPSA) is 65.3 Å². The number of hydrogen-bond acceptors (Lipinski definition) is 3. The maximum absolute atomic E-state index is 13.2. The number of aromatic nitrogens is 2. The molecule has 4 aromatic rings. The number of fused-ring (bicyclic) bond motifs is 1. The molecule has 2 heterocycles. The monoisotopic (exact) mass is 415 g/mol. The Kier molecular flexibility index (Phi) is 5.62. The summed E-state index contributed by atoms with van der Waals surface area (Å²) in [6, 6.07) is 17.5. The number of carbonyl (C=O) groups excluding carboxylic acids is 1. The molecule has 6 heteroatoms. The van der Waals surface area contributed by atoms with Crippen LogP contribution in [0.25, 0.3) is 10.9 Å². The fraction of sp³-hybridized carbons (Fsp3) is 0.200. The summed E-state index contributed by atoms with van der Waals surface area (Å²) in [7, 11) is 1.56. The lowest BCUT2D eigenvalue weighted by Crippen LogP contribution is -2.28. The van der Waals surface area contributed by atoms with Crippen LogP contribution in [0.2, 0.25) is 0 Å². The largest absolute Gasteiger partial charge is 0.495 e. The van der Waals surface area contributed by atoms with Gasteiger partial charge in [0.2, 0.25) is 5.91 Å². The molecule has 0 aliphatic carbocycles. The lowest BCUT2D eigenvalue weighted by Gasteiger charge is -2.13. The number of methoxy groups -OCH3 is 1. The van der Waals surface area contributed by atoms with Gasteiger partial charge in [0.1, 0.15) is 17.8 Å². The van der Waals surface area contributed by atoms with Crippen LogP contribution in [0, 0.1) is 13.8 Å². The third kappa shape index (κ3) is 4.23. The van der Waals surface area contributed by atoms with Crippen LogP contribution in [0.15, 0.2) is 71.8 Å². The van der Waals surface area contributed by atoms with Gasteiger partial charge >= 0.3 is 0 Å². The highest BCUT2D eigenvalue weighted by atomic mass is 16.5. The Hall–Kier alpha value is -3.80. The molecule has 0 bridgehead atoms. The number of ether oxygens (including phenoxy) is 1. The normalized spacial score (nSPS) is 10.9. The molecule has 1 N–H and O–H groups in total. The molecule has 31 heavy (non-hydrogen) atoms. The van der Waals surface area contributed by atoms with E-state index in [4.69, 9.17) is 4.74 Å². The van der Waals surface area contributed by atoms with E-state index in [0.717, 1.165) is 16.5 Å². The van der Waals surface area contributed by atoms with Crippen LogP contribution < -0.4 is 15.6 Å². The van der Waals surface area contributed by atoms with Crippen LogP contribution in [0.5, 0.6) is 5.75 Å². The summed E-state index contributed by atoms with van der Waals surface area (Å²) in [4.78, 5) is 25.9. The highest BCUT2D eigenvalue weighted by molar-refractivity contribution is 5.92. The number of carbonyl (C=O) groups is 1. The Morgan fingerprint density at radius 3 is 2.48 bits per heavy atom. The molecule has 0 spiro atoms. The fourth-order valence-corrected chi connectivity index (χ4v) is 3.74. The first-order chi connectivity index (χ1) is 15.0. The lowest BCUT2D eigenvalue weighted by molar-refractivity contribution is -0.116. The van der Waals surface area contributed by atoms with Crippen molar-refractivity contribution in [2.45, 2.75) is 26.9 Å². The molecule has 0 aliphatic heterocycles. The number of nitrogens with one attached hydrogen (secondary N) is 1. The highest BCUT2D eigenvalue weighted by Crippen LogP contribution is 2.25. The van der Waals surface area contributed by atoms with E-state index < -0.39 is 0 Å². The van der Waals surface area contributed by atoms with Crippen LogP contribution >= 0.6 is 0 Å². The maximum atomic E-state index is 13.2. The molecule has 0 saturated carbocycles. The third-order valence-corrected chi connectivity index (χ3v) is 5.44. The predicted molar refractivity (Wildman–Crippen MR) is 123 cm³/mol. The summed E-state index contributed by atoms with van der Waals surface area (Å²) in [5, 5.41) is 3.71. The zero-order valence-corrected chi connectivity index (χ0v) is 17.9. The molecule has 4 rings (SSSR count). The zero-order valence-electron chi connectivity index (χ0n) is 17.9. The van der Waals surface area contributed by atoms with Gasteiger partial charge in [0.15, 0.2) is 0 Å². The molecule has 158 valence electrons.